The van der Waals surface area contributed by atoms with Crippen LogP contribution < -0.4 is 19.9 Å². The van der Waals surface area contributed by atoms with Crippen LogP contribution in [0.4, 0.5) is 5.69 Å². The maximum absolute atomic E-state index is 12.3. The van der Waals surface area contributed by atoms with Crippen molar-refractivity contribution in [1.29, 1.82) is 0 Å². The highest BCUT2D eigenvalue weighted by atomic mass is 35.5. The van der Waals surface area contributed by atoms with E-state index >= 15 is 0 Å². The fourth-order valence-corrected chi connectivity index (χ4v) is 2.27. The van der Waals surface area contributed by atoms with Crippen LogP contribution >= 0.6 is 11.6 Å². The van der Waals surface area contributed by atoms with Crippen LogP contribution in [0.15, 0.2) is 42.5 Å². The number of nitrogens with one attached hydrogen (secondary N) is 1. The van der Waals surface area contributed by atoms with Crippen LogP contribution in [0.1, 0.15) is 12.5 Å². The highest BCUT2D eigenvalue weighted by molar-refractivity contribution is 6.30. The molecule has 7 heteroatoms. The number of aryl methyl sites for hydroxylation is 1. The quantitative estimate of drug-likeness (QED) is 0.815. The van der Waals surface area contributed by atoms with Crippen LogP contribution in [0.5, 0.6) is 11.5 Å². The van der Waals surface area contributed by atoms with Gasteiger partial charge in [0.2, 0.25) is 0 Å². The van der Waals surface area contributed by atoms with Crippen molar-refractivity contribution in [2.45, 2.75) is 20.0 Å². The SMILES string of the molecule is Cc1cc(Cl)ccc1O[C@H](C)C(=O)Nc1cccc(OCC(=O)[O-])c1. The summed E-state index contributed by atoms with van der Waals surface area (Å²) in [4.78, 5) is 22.7. The Morgan fingerprint density at radius 2 is 2.00 bits per heavy atom. The van der Waals surface area contributed by atoms with Crippen molar-refractivity contribution < 1.29 is 24.2 Å². The number of aliphatic carboxylic acids is 1. The van der Waals surface area contributed by atoms with Gasteiger partial charge in [0.15, 0.2) is 6.10 Å². The summed E-state index contributed by atoms with van der Waals surface area (Å²) in [5.41, 5.74) is 1.29. The number of carbonyl (C=O) groups is 2. The lowest BCUT2D eigenvalue weighted by Gasteiger charge is -2.17. The Labute approximate surface area is 150 Å². The van der Waals surface area contributed by atoms with E-state index in [0.29, 0.717) is 22.2 Å². The molecule has 1 amide bonds. The third kappa shape index (κ3) is 5.69. The van der Waals surface area contributed by atoms with Gasteiger partial charge in [-0.15, -0.1) is 0 Å². The number of halogens is 1. The van der Waals surface area contributed by atoms with Gasteiger partial charge in [0.1, 0.15) is 18.1 Å². The Morgan fingerprint density at radius 1 is 1.24 bits per heavy atom. The third-order valence-corrected chi connectivity index (χ3v) is 3.50. The minimum Gasteiger partial charge on any atom is -0.546 e. The molecule has 2 aromatic rings. The van der Waals surface area contributed by atoms with Gasteiger partial charge in [-0.25, -0.2) is 0 Å². The Balaban J connectivity index is 1.98. The fourth-order valence-electron chi connectivity index (χ4n) is 2.04. The van der Waals surface area contributed by atoms with Gasteiger partial charge in [-0.3, -0.25) is 4.79 Å². The smallest absolute Gasteiger partial charge is 0.265 e. The number of amides is 1. The first kappa shape index (κ1) is 18.6. The van der Waals surface area contributed by atoms with Crippen molar-refractivity contribution in [3.8, 4) is 11.5 Å². The highest BCUT2D eigenvalue weighted by Gasteiger charge is 2.16. The van der Waals surface area contributed by atoms with E-state index in [0.717, 1.165) is 5.56 Å². The molecular weight excluding hydrogens is 346 g/mol. The van der Waals surface area contributed by atoms with Gasteiger partial charge in [-0.2, -0.15) is 0 Å². The zero-order valence-electron chi connectivity index (χ0n) is 13.7. The summed E-state index contributed by atoms with van der Waals surface area (Å²) < 4.78 is 10.7. The Kier molecular flexibility index (Phi) is 6.25. The van der Waals surface area contributed by atoms with E-state index in [1.165, 1.54) is 6.07 Å². The first-order valence-electron chi connectivity index (χ1n) is 7.51. The number of rotatable bonds is 7. The molecule has 25 heavy (non-hydrogen) atoms. The molecule has 0 spiro atoms. The lowest BCUT2D eigenvalue weighted by molar-refractivity contribution is -0.307. The summed E-state index contributed by atoms with van der Waals surface area (Å²) in [6.07, 6.45) is -0.743. The van der Waals surface area contributed by atoms with E-state index in [1.54, 1.807) is 43.3 Å². The molecule has 2 aromatic carbocycles. The summed E-state index contributed by atoms with van der Waals surface area (Å²) in [5, 5.41) is 13.7. The molecule has 0 aliphatic rings. The maximum atomic E-state index is 12.3. The van der Waals surface area contributed by atoms with Crippen molar-refractivity contribution >= 4 is 29.2 Å². The van der Waals surface area contributed by atoms with Crippen molar-refractivity contribution in [3.63, 3.8) is 0 Å². The first-order valence-corrected chi connectivity index (χ1v) is 7.89. The highest BCUT2D eigenvalue weighted by Crippen LogP contribution is 2.23. The van der Waals surface area contributed by atoms with Crippen molar-refractivity contribution in [2.24, 2.45) is 0 Å². The van der Waals surface area contributed by atoms with Crippen molar-refractivity contribution in [1.82, 2.24) is 0 Å². The standard InChI is InChI=1S/C18H18ClNO5/c1-11-8-13(19)6-7-16(11)25-12(2)18(23)20-14-4-3-5-15(9-14)24-10-17(21)22/h3-9,12H,10H2,1-2H3,(H,20,23)(H,21,22)/p-1/t12-/m1/s1. The molecule has 0 aliphatic carbocycles. The van der Waals surface area contributed by atoms with Gasteiger partial charge in [-0.05, 0) is 49.7 Å². The fraction of sp³-hybridized carbons (Fsp3) is 0.222. The largest absolute Gasteiger partial charge is 0.546 e. The zero-order valence-corrected chi connectivity index (χ0v) is 14.5. The van der Waals surface area contributed by atoms with E-state index in [2.05, 4.69) is 5.32 Å². The number of anilines is 1. The van der Waals surface area contributed by atoms with Gasteiger partial charge in [-0.1, -0.05) is 17.7 Å². The van der Waals surface area contributed by atoms with Crippen LogP contribution in [-0.2, 0) is 9.59 Å². The molecule has 0 aromatic heterocycles. The molecule has 0 radical (unpaired) electrons. The van der Waals surface area contributed by atoms with Gasteiger partial charge >= 0.3 is 0 Å². The molecule has 0 saturated heterocycles. The zero-order chi connectivity index (χ0) is 18.4. The molecular formula is C18H17ClNO5-. The van der Waals surface area contributed by atoms with Gasteiger partial charge in [0.25, 0.3) is 5.91 Å². The van der Waals surface area contributed by atoms with E-state index in [9.17, 15) is 14.7 Å². The molecule has 2 rings (SSSR count). The summed E-state index contributed by atoms with van der Waals surface area (Å²) in [7, 11) is 0. The molecule has 0 bridgehead atoms. The minimum absolute atomic E-state index is 0.309. The number of hydrogen-bond acceptors (Lipinski definition) is 5. The topological polar surface area (TPSA) is 87.7 Å². The number of carbonyl (C=O) groups excluding carboxylic acids is 2. The monoisotopic (exact) mass is 362 g/mol. The Morgan fingerprint density at radius 3 is 2.68 bits per heavy atom. The molecule has 0 aliphatic heterocycles. The lowest BCUT2D eigenvalue weighted by Crippen LogP contribution is -2.30. The second-order valence-electron chi connectivity index (χ2n) is 5.35. The summed E-state index contributed by atoms with van der Waals surface area (Å²) in [6.45, 7) is 2.90. The second kappa shape index (κ2) is 8.39. The molecule has 6 nitrogen and oxygen atoms in total. The van der Waals surface area contributed by atoms with Crippen LogP contribution in [-0.4, -0.2) is 24.6 Å². The Bertz CT molecular complexity index is 778. The molecule has 0 saturated carbocycles. The molecule has 1 N–H and O–H groups in total. The maximum Gasteiger partial charge on any atom is 0.265 e. The first-order chi connectivity index (χ1) is 11.8. The summed E-state index contributed by atoms with van der Waals surface area (Å²) >= 11 is 5.90. The van der Waals surface area contributed by atoms with Gasteiger partial charge in [0, 0.05) is 16.8 Å². The minimum atomic E-state index is -1.32. The van der Waals surface area contributed by atoms with E-state index < -0.39 is 18.7 Å². The van der Waals surface area contributed by atoms with Gasteiger partial charge < -0.3 is 24.7 Å². The van der Waals surface area contributed by atoms with E-state index in [-0.39, 0.29) is 5.91 Å². The molecule has 0 unspecified atom stereocenters. The van der Waals surface area contributed by atoms with Crippen LogP contribution in [0.3, 0.4) is 0 Å². The number of ether oxygens (including phenoxy) is 2. The van der Waals surface area contributed by atoms with Crippen LogP contribution in [0.25, 0.3) is 0 Å². The predicted molar refractivity (Wildman–Crippen MR) is 91.9 cm³/mol. The van der Waals surface area contributed by atoms with Crippen LogP contribution in [0.2, 0.25) is 5.02 Å². The molecule has 0 fully saturated rings. The number of carboxylic acid groups (broad SMARTS) is 1. The summed E-state index contributed by atoms with van der Waals surface area (Å²) in [5.74, 6) is -0.802. The third-order valence-electron chi connectivity index (χ3n) is 3.27. The van der Waals surface area contributed by atoms with Gasteiger partial charge in [0.05, 0.1) is 5.97 Å². The normalized spacial score (nSPS) is 11.5. The number of benzene rings is 2. The van der Waals surface area contributed by atoms with E-state index in [4.69, 9.17) is 21.1 Å². The number of hydrogen-bond donors (Lipinski definition) is 1. The Hall–Kier alpha value is -2.73. The van der Waals surface area contributed by atoms with Crippen molar-refractivity contribution in [2.75, 3.05) is 11.9 Å². The molecule has 1 atom stereocenters. The average molecular weight is 363 g/mol. The van der Waals surface area contributed by atoms with Crippen LogP contribution in [0, 0.1) is 6.92 Å². The second-order valence-corrected chi connectivity index (χ2v) is 5.78. The van der Waals surface area contributed by atoms with Crippen molar-refractivity contribution in [3.05, 3.63) is 53.1 Å². The molecule has 0 heterocycles. The number of carboxylic acids is 1. The predicted octanol–water partition coefficient (Wildman–Crippen LogP) is 2.18. The average Bonchev–Trinajstić information content (AvgIpc) is 2.55. The van der Waals surface area contributed by atoms with E-state index in [1.807, 2.05) is 6.92 Å². The lowest BCUT2D eigenvalue weighted by atomic mass is 10.2. The molecule has 132 valence electrons. The summed E-state index contributed by atoms with van der Waals surface area (Å²) in [6, 6.07) is 11.5.